The summed E-state index contributed by atoms with van der Waals surface area (Å²) in [5, 5.41) is 13.6. The maximum absolute atomic E-state index is 12.9. The molecule has 26 heavy (non-hydrogen) atoms. The number of hydroxylamine groups is 1. The van der Waals surface area contributed by atoms with E-state index < -0.39 is 11.9 Å². The van der Waals surface area contributed by atoms with E-state index in [0.29, 0.717) is 16.4 Å². The van der Waals surface area contributed by atoms with Crippen LogP contribution in [0.1, 0.15) is 6.42 Å². The minimum absolute atomic E-state index is 0.0961. The predicted octanol–water partition coefficient (Wildman–Crippen LogP) is 4.02. The maximum Gasteiger partial charge on any atom is 0.259 e. The summed E-state index contributed by atoms with van der Waals surface area (Å²) in [6, 6.07) is 18.5. The number of anilines is 2. The minimum Gasteiger partial charge on any atom is -0.288 e. The maximum atomic E-state index is 12.9. The van der Waals surface area contributed by atoms with E-state index in [0.717, 1.165) is 20.7 Å². The van der Waals surface area contributed by atoms with Crippen LogP contribution < -0.4 is 9.96 Å². The van der Waals surface area contributed by atoms with E-state index in [1.165, 1.54) is 0 Å². The quantitative estimate of drug-likeness (QED) is 0.561. The first-order valence-electron chi connectivity index (χ1n) is 8.14. The molecule has 5 nitrogen and oxygen atoms in total. The molecule has 0 spiro atoms. The van der Waals surface area contributed by atoms with Crippen molar-refractivity contribution in [3.05, 3.63) is 71.8 Å². The smallest absolute Gasteiger partial charge is 0.259 e. The second-order valence-electron chi connectivity index (χ2n) is 6.11. The highest BCUT2D eigenvalue weighted by Gasteiger charge is 2.43. The highest BCUT2D eigenvalue weighted by molar-refractivity contribution is 6.30. The highest BCUT2D eigenvalue weighted by Crippen LogP contribution is 2.33. The van der Waals surface area contributed by atoms with Crippen molar-refractivity contribution >= 4 is 45.6 Å². The Morgan fingerprint density at radius 3 is 2.42 bits per heavy atom. The van der Waals surface area contributed by atoms with Gasteiger partial charge in [-0.1, -0.05) is 48.0 Å². The van der Waals surface area contributed by atoms with Crippen molar-refractivity contribution in [1.29, 1.82) is 0 Å². The number of halogens is 1. The van der Waals surface area contributed by atoms with Crippen molar-refractivity contribution in [3.63, 3.8) is 0 Å². The van der Waals surface area contributed by atoms with Crippen LogP contribution in [0.3, 0.4) is 0 Å². The van der Waals surface area contributed by atoms with Crippen molar-refractivity contribution < 1.29 is 14.8 Å². The van der Waals surface area contributed by atoms with Gasteiger partial charge >= 0.3 is 0 Å². The lowest BCUT2D eigenvalue weighted by Crippen LogP contribution is -2.40. The standard InChI is InChI=1S/C20H15ClN2O3/c21-14-8-10-15(11-9-14)23(26)18-12-19(24)22(20(18)25)17-7-3-5-13-4-1-2-6-16(13)17/h1-11,18,26H,12H2/t18-/m1/s1. The third-order valence-corrected chi connectivity index (χ3v) is 4.77. The van der Waals surface area contributed by atoms with Gasteiger partial charge in [0.15, 0.2) is 0 Å². The molecule has 2 amide bonds. The van der Waals surface area contributed by atoms with Gasteiger partial charge in [-0.15, -0.1) is 0 Å². The summed E-state index contributed by atoms with van der Waals surface area (Å²) in [5.74, 6) is -0.798. The van der Waals surface area contributed by atoms with Crippen LogP contribution in [0.5, 0.6) is 0 Å². The van der Waals surface area contributed by atoms with Gasteiger partial charge in [-0.05, 0) is 35.7 Å². The van der Waals surface area contributed by atoms with Crippen LogP contribution in [0.15, 0.2) is 66.7 Å². The first-order chi connectivity index (χ1) is 12.6. The van der Waals surface area contributed by atoms with Crippen LogP contribution in [0.4, 0.5) is 11.4 Å². The van der Waals surface area contributed by atoms with E-state index in [1.54, 1.807) is 30.3 Å². The normalized spacial score (nSPS) is 17.2. The van der Waals surface area contributed by atoms with Crippen LogP contribution in [-0.4, -0.2) is 23.1 Å². The molecule has 0 bridgehead atoms. The average Bonchev–Trinajstić information content (AvgIpc) is 2.95. The SMILES string of the molecule is O=C1C[C@@H](N(O)c2ccc(Cl)cc2)C(=O)N1c1cccc2ccccc12. The molecule has 3 aromatic carbocycles. The number of fused-ring (bicyclic) bond motifs is 1. The number of rotatable bonds is 3. The number of imide groups is 1. The lowest BCUT2D eigenvalue weighted by molar-refractivity contribution is -0.121. The van der Waals surface area contributed by atoms with Gasteiger partial charge in [0.25, 0.3) is 5.91 Å². The topological polar surface area (TPSA) is 60.9 Å². The van der Waals surface area contributed by atoms with Gasteiger partial charge in [0.1, 0.15) is 6.04 Å². The molecule has 1 fully saturated rings. The van der Waals surface area contributed by atoms with Crippen molar-refractivity contribution in [3.8, 4) is 0 Å². The van der Waals surface area contributed by atoms with Crippen LogP contribution in [0, 0.1) is 0 Å². The molecule has 1 atom stereocenters. The fourth-order valence-electron chi connectivity index (χ4n) is 3.24. The molecule has 0 aliphatic carbocycles. The number of nitrogens with zero attached hydrogens (tertiary/aromatic N) is 2. The molecule has 1 aliphatic heterocycles. The summed E-state index contributed by atoms with van der Waals surface area (Å²) in [6.07, 6.45) is -0.0961. The molecule has 130 valence electrons. The van der Waals surface area contributed by atoms with Gasteiger partial charge in [-0.3, -0.25) is 14.8 Å². The van der Waals surface area contributed by atoms with E-state index in [9.17, 15) is 14.8 Å². The Bertz CT molecular complexity index is 998. The lowest BCUT2D eigenvalue weighted by Gasteiger charge is -2.23. The van der Waals surface area contributed by atoms with Gasteiger partial charge in [0.05, 0.1) is 17.8 Å². The largest absolute Gasteiger partial charge is 0.288 e. The Hall–Kier alpha value is -2.89. The fourth-order valence-corrected chi connectivity index (χ4v) is 3.36. The Morgan fingerprint density at radius 2 is 1.65 bits per heavy atom. The number of carbonyl (C=O) groups excluding carboxylic acids is 2. The Morgan fingerprint density at radius 1 is 0.962 bits per heavy atom. The van der Waals surface area contributed by atoms with Crippen molar-refractivity contribution in [2.75, 3.05) is 9.96 Å². The molecular weight excluding hydrogens is 352 g/mol. The third kappa shape index (κ3) is 2.71. The molecule has 0 unspecified atom stereocenters. The summed E-state index contributed by atoms with van der Waals surface area (Å²) in [4.78, 5) is 26.7. The van der Waals surface area contributed by atoms with Crippen molar-refractivity contribution in [1.82, 2.24) is 0 Å². The molecule has 4 rings (SSSR count). The number of carbonyl (C=O) groups is 2. The molecule has 1 heterocycles. The van der Waals surface area contributed by atoms with Crippen molar-refractivity contribution in [2.24, 2.45) is 0 Å². The molecule has 0 aromatic heterocycles. The number of hydrogen-bond acceptors (Lipinski definition) is 4. The molecule has 1 N–H and O–H groups in total. The minimum atomic E-state index is -0.970. The van der Waals surface area contributed by atoms with E-state index in [4.69, 9.17) is 11.6 Å². The number of hydrogen-bond donors (Lipinski definition) is 1. The summed E-state index contributed by atoms with van der Waals surface area (Å²) in [5.41, 5.74) is 0.936. The molecule has 3 aromatic rings. The molecule has 1 aliphatic rings. The van der Waals surface area contributed by atoms with Gasteiger partial charge in [0.2, 0.25) is 5.91 Å². The second kappa shape index (κ2) is 6.44. The average molecular weight is 367 g/mol. The van der Waals surface area contributed by atoms with E-state index in [1.807, 2.05) is 36.4 Å². The Labute approximate surface area is 155 Å². The number of benzene rings is 3. The molecular formula is C20H15ClN2O3. The fraction of sp³-hybridized carbons (Fsp3) is 0.100. The second-order valence-corrected chi connectivity index (χ2v) is 6.54. The van der Waals surface area contributed by atoms with E-state index >= 15 is 0 Å². The van der Waals surface area contributed by atoms with Gasteiger partial charge in [0, 0.05) is 10.4 Å². The van der Waals surface area contributed by atoms with Crippen LogP contribution in [0.2, 0.25) is 5.02 Å². The third-order valence-electron chi connectivity index (χ3n) is 4.52. The van der Waals surface area contributed by atoms with Crippen LogP contribution in [-0.2, 0) is 9.59 Å². The zero-order valence-electron chi connectivity index (χ0n) is 13.7. The monoisotopic (exact) mass is 366 g/mol. The number of amides is 2. The predicted molar refractivity (Wildman–Crippen MR) is 101 cm³/mol. The summed E-state index contributed by atoms with van der Waals surface area (Å²) in [6.45, 7) is 0. The van der Waals surface area contributed by atoms with E-state index in [-0.39, 0.29) is 12.3 Å². The first kappa shape index (κ1) is 16.6. The summed E-state index contributed by atoms with van der Waals surface area (Å²) in [7, 11) is 0. The van der Waals surface area contributed by atoms with Crippen LogP contribution >= 0.6 is 11.6 Å². The molecule has 6 heteroatoms. The van der Waals surface area contributed by atoms with E-state index in [2.05, 4.69) is 0 Å². The van der Waals surface area contributed by atoms with Crippen molar-refractivity contribution in [2.45, 2.75) is 12.5 Å². The van der Waals surface area contributed by atoms with Crippen LogP contribution in [0.25, 0.3) is 10.8 Å². The Kier molecular flexibility index (Phi) is 4.11. The summed E-state index contributed by atoms with van der Waals surface area (Å²) >= 11 is 5.86. The Balaban J connectivity index is 1.70. The molecule has 0 radical (unpaired) electrons. The molecule has 0 saturated carbocycles. The van der Waals surface area contributed by atoms with Gasteiger partial charge in [-0.2, -0.15) is 0 Å². The first-order valence-corrected chi connectivity index (χ1v) is 8.52. The highest BCUT2D eigenvalue weighted by atomic mass is 35.5. The van der Waals surface area contributed by atoms with Gasteiger partial charge in [-0.25, -0.2) is 9.96 Å². The summed E-state index contributed by atoms with van der Waals surface area (Å²) < 4.78 is 0. The molecule has 1 saturated heterocycles. The van der Waals surface area contributed by atoms with Gasteiger partial charge < -0.3 is 0 Å². The zero-order chi connectivity index (χ0) is 18.3. The lowest BCUT2D eigenvalue weighted by atomic mass is 10.1. The zero-order valence-corrected chi connectivity index (χ0v) is 14.4.